The Kier molecular flexibility index (Phi) is 4.41. The molecular weight excluding hydrogens is 322 g/mol. The van der Waals surface area contributed by atoms with Crippen molar-refractivity contribution in [3.8, 4) is 0 Å². The summed E-state index contributed by atoms with van der Waals surface area (Å²) in [4.78, 5) is 12.8. The lowest BCUT2D eigenvalue weighted by Gasteiger charge is -2.29. The Morgan fingerprint density at radius 2 is 1.81 bits per heavy atom. The van der Waals surface area contributed by atoms with Gasteiger partial charge in [0.25, 0.3) is 5.91 Å². The number of hydrogen-bond donors (Lipinski definition) is 3. The smallest absolute Gasteiger partial charge is 0.258 e. The lowest BCUT2D eigenvalue weighted by molar-refractivity contribution is -0.110. The number of benzene rings is 2. The van der Waals surface area contributed by atoms with Gasteiger partial charge < -0.3 is 16.4 Å². The van der Waals surface area contributed by atoms with E-state index in [0.29, 0.717) is 17.3 Å². The van der Waals surface area contributed by atoms with E-state index in [1.54, 1.807) is 0 Å². The van der Waals surface area contributed by atoms with Gasteiger partial charge in [-0.3, -0.25) is 4.79 Å². The molecule has 1 amide bonds. The minimum absolute atomic E-state index is 0.0684. The van der Waals surface area contributed by atoms with E-state index in [0.717, 1.165) is 41.3 Å². The standard InChI is InChI=1S/C22H25N3O/c1-14-7-10-17(11-8-14)24-21(15-5-3-2-4-6-15)20-18-13-16(23)9-12-19(18)25-22(20)26/h2-6,9,12-14,17,24H,7-8,10-11,23H2,1H3,(H,25,26)/b21-20-. The van der Waals surface area contributed by atoms with Crippen molar-refractivity contribution in [1.29, 1.82) is 0 Å². The number of nitrogens with two attached hydrogens (primary N) is 1. The third-order valence-corrected chi connectivity index (χ3v) is 5.47. The summed E-state index contributed by atoms with van der Waals surface area (Å²) in [6.45, 7) is 2.32. The van der Waals surface area contributed by atoms with Gasteiger partial charge in [0.1, 0.15) is 0 Å². The molecule has 0 spiro atoms. The fourth-order valence-electron chi connectivity index (χ4n) is 3.95. The van der Waals surface area contributed by atoms with Crippen LogP contribution in [0.15, 0.2) is 48.5 Å². The number of nitrogens with one attached hydrogen (secondary N) is 2. The first-order chi connectivity index (χ1) is 12.6. The molecule has 4 nitrogen and oxygen atoms in total. The summed E-state index contributed by atoms with van der Waals surface area (Å²) in [7, 11) is 0. The maximum Gasteiger partial charge on any atom is 0.258 e. The molecule has 26 heavy (non-hydrogen) atoms. The Balaban J connectivity index is 1.79. The number of anilines is 2. The zero-order valence-electron chi connectivity index (χ0n) is 15.1. The van der Waals surface area contributed by atoms with Gasteiger partial charge in [-0.1, -0.05) is 37.3 Å². The Hall–Kier alpha value is -2.75. The fraction of sp³-hybridized carbons (Fsp3) is 0.318. The molecule has 134 valence electrons. The molecule has 1 fully saturated rings. The Morgan fingerprint density at radius 3 is 2.54 bits per heavy atom. The average molecular weight is 347 g/mol. The highest BCUT2D eigenvalue weighted by Gasteiger charge is 2.30. The van der Waals surface area contributed by atoms with Crippen LogP contribution in [0.25, 0.3) is 11.3 Å². The molecule has 1 saturated carbocycles. The van der Waals surface area contributed by atoms with Crippen LogP contribution in [0.4, 0.5) is 11.4 Å². The van der Waals surface area contributed by atoms with Gasteiger partial charge in [-0.05, 0) is 55.4 Å². The summed E-state index contributed by atoms with van der Waals surface area (Å²) in [5, 5.41) is 6.68. The van der Waals surface area contributed by atoms with E-state index >= 15 is 0 Å². The zero-order valence-corrected chi connectivity index (χ0v) is 15.1. The first-order valence-electron chi connectivity index (χ1n) is 9.39. The molecule has 2 aliphatic rings. The molecule has 1 aliphatic carbocycles. The molecule has 4 heteroatoms. The number of carbonyl (C=O) groups is 1. The van der Waals surface area contributed by atoms with Crippen LogP contribution in [0.5, 0.6) is 0 Å². The van der Waals surface area contributed by atoms with Crippen molar-refractivity contribution in [2.45, 2.75) is 38.6 Å². The predicted octanol–water partition coefficient (Wildman–Crippen LogP) is 4.26. The fourth-order valence-corrected chi connectivity index (χ4v) is 3.95. The van der Waals surface area contributed by atoms with Crippen LogP contribution in [0, 0.1) is 5.92 Å². The molecule has 0 bridgehead atoms. The second-order valence-electron chi connectivity index (χ2n) is 7.48. The zero-order chi connectivity index (χ0) is 18.1. The molecule has 0 saturated heterocycles. The topological polar surface area (TPSA) is 67.2 Å². The van der Waals surface area contributed by atoms with Gasteiger partial charge in [0.15, 0.2) is 0 Å². The van der Waals surface area contributed by atoms with Crippen LogP contribution in [-0.4, -0.2) is 11.9 Å². The van der Waals surface area contributed by atoms with Crippen LogP contribution in [-0.2, 0) is 4.79 Å². The van der Waals surface area contributed by atoms with Gasteiger partial charge in [0.05, 0.1) is 11.3 Å². The van der Waals surface area contributed by atoms with E-state index < -0.39 is 0 Å². The maximum atomic E-state index is 12.8. The van der Waals surface area contributed by atoms with Crippen LogP contribution < -0.4 is 16.4 Å². The van der Waals surface area contributed by atoms with E-state index in [9.17, 15) is 4.79 Å². The number of nitrogen functional groups attached to an aromatic ring is 1. The molecule has 2 aromatic rings. The van der Waals surface area contributed by atoms with E-state index in [1.165, 1.54) is 12.8 Å². The third-order valence-electron chi connectivity index (χ3n) is 5.47. The monoisotopic (exact) mass is 347 g/mol. The van der Waals surface area contributed by atoms with Crippen molar-refractivity contribution in [3.63, 3.8) is 0 Å². The normalized spacial score (nSPS) is 24.0. The molecule has 1 aliphatic heterocycles. The van der Waals surface area contributed by atoms with Gasteiger partial charge in [-0.2, -0.15) is 0 Å². The summed E-state index contributed by atoms with van der Waals surface area (Å²) in [6, 6.07) is 16.1. The highest BCUT2D eigenvalue weighted by atomic mass is 16.2. The van der Waals surface area contributed by atoms with Crippen LogP contribution >= 0.6 is 0 Å². The molecule has 4 rings (SSSR count). The van der Waals surface area contributed by atoms with E-state index in [2.05, 4.69) is 29.7 Å². The van der Waals surface area contributed by atoms with Crippen molar-refractivity contribution in [2.75, 3.05) is 11.1 Å². The lowest BCUT2D eigenvalue weighted by atomic mass is 9.87. The first kappa shape index (κ1) is 16.7. The number of fused-ring (bicyclic) bond motifs is 1. The largest absolute Gasteiger partial charge is 0.399 e. The maximum absolute atomic E-state index is 12.8. The Labute approximate surface area is 154 Å². The highest BCUT2D eigenvalue weighted by molar-refractivity contribution is 6.36. The molecular formula is C22H25N3O. The van der Waals surface area contributed by atoms with E-state index in [-0.39, 0.29) is 5.91 Å². The second kappa shape index (κ2) is 6.87. The minimum Gasteiger partial charge on any atom is -0.399 e. The van der Waals surface area contributed by atoms with Gasteiger partial charge >= 0.3 is 0 Å². The van der Waals surface area contributed by atoms with Crippen LogP contribution in [0.2, 0.25) is 0 Å². The van der Waals surface area contributed by atoms with Crippen molar-refractivity contribution in [1.82, 2.24) is 5.32 Å². The van der Waals surface area contributed by atoms with Crippen molar-refractivity contribution < 1.29 is 4.79 Å². The molecule has 0 radical (unpaired) electrons. The first-order valence-corrected chi connectivity index (χ1v) is 9.39. The van der Waals surface area contributed by atoms with Gasteiger partial charge in [-0.25, -0.2) is 0 Å². The van der Waals surface area contributed by atoms with Gasteiger partial charge in [0.2, 0.25) is 0 Å². The molecule has 4 N–H and O–H groups in total. The van der Waals surface area contributed by atoms with E-state index in [4.69, 9.17) is 5.73 Å². The summed E-state index contributed by atoms with van der Waals surface area (Å²) >= 11 is 0. The summed E-state index contributed by atoms with van der Waals surface area (Å²) in [6.07, 6.45) is 4.72. The second-order valence-corrected chi connectivity index (χ2v) is 7.48. The average Bonchev–Trinajstić information content (AvgIpc) is 2.97. The van der Waals surface area contributed by atoms with Crippen molar-refractivity contribution in [2.24, 2.45) is 5.92 Å². The molecule has 0 unspecified atom stereocenters. The predicted molar refractivity (Wildman–Crippen MR) is 107 cm³/mol. The Morgan fingerprint density at radius 1 is 1.08 bits per heavy atom. The highest BCUT2D eigenvalue weighted by Crippen LogP contribution is 2.38. The van der Waals surface area contributed by atoms with Crippen molar-refractivity contribution >= 4 is 28.6 Å². The number of hydrogen-bond acceptors (Lipinski definition) is 3. The number of amides is 1. The third kappa shape index (κ3) is 3.19. The molecule has 2 aromatic carbocycles. The molecule has 0 atom stereocenters. The van der Waals surface area contributed by atoms with Crippen LogP contribution in [0.1, 0.15) is 43.7 Å². The summed E-state index contributed by atoms with van der Waals surface area (Å²) < 4.78 is 0. The van der Waals surface area contributed by atoms with Gasteiger partial charge in [-0.15, -0.1) is 0 Å². The number of rotatable bonds is 3. The minimum atomic E-state index is -0.0684. The summed E-state index contributed by atoms with van der Waals surface area (Å²) in [5.74, 6) is 0.720. The lowest BCUT2D eigenvalue weighted by Crippen LogP contribution is -2.32. The summed E-state index contributed by atoms with van der Waals surface area (Å²) in [5.41, 5.74) is 11.0. The van der Waals surface area contributed by atoms with Crippen LogP contribution in [0.3, 0.4) is 0 Å². The molecule has 1 heterocycles. The molecule has 0 aromatic heterocycles. The Bertz CT molecular complexity index is 849. The van der Waals surface area contributed by atoms with Crippen molar-refractivity contribution in [3.05, 3.63) is 59.7 Å². The number of carbonyl (C=O) groups excluding carboxylic acids is 1. The SMILES string of the molecule is CC1CCC(N/C(=C2\C(=O)Nc3ccc(N)cc32)c2ccccc2)CC1. The quantitative estimate of drug-likeness (QED) is 0.574. The van der Waals surface area contributed by atoms with E-state index in [1.807, 2.05) is 36.4 Å². The van der Waals surface area contributed by atoms with Gasteiger partial charge in [0, 0.05) is 23.0 Å².